The maximum atomic E-state index is 12.3. The molecule has 0 heterocycles. The second-order valence-corrected chi connectivity index (χ2v) is 9.67. The van der Waals surface area contributed by atoms with Crippen LogP contribution in [0.15, 0.2) is 30.3 Å². The molecular formula is C27H35N5O2. The summed E-state index contributed by atoms with van der Waals surface area (Å²) in [5.41, 5.74) is 9.49. The molecule has 0 saturated heterocycles. The fourth-order valence-electron chi connectivity index (χ4n) is 3.38. The van der Waals surface area contributed by atoms with Crippen molar-refractivity contribution in [3.8, 4) is 17.9 Å². The number of carbonyl (C=O) groups is 1. The van der Waals surface area contributed by atoms with Crippen molar-refractivity contribution < 1.29 is 9.53 Å². The summed E-state index contributed by atoms with van der Waals surface area (Å²) in [5, 5.41) is 21.0. The molecule has 2 rings (SSSR count). The Kier molecular flexibility index (Phi) is 8.54. The topological polar surface area (TPSA) is 110 Å². The van der Waals surface area contributed by atoms with Crippen LogP contribution in [0.1, 0.15) is 82.2 Å². The van der Waals surface area contributed by atoms with Gasteiger partial charge in [0.05, 0.1) is 16.8 Å². The lowest BCUT2D eigenvalue weighted by atomic mass is 9.76. The van der Waals surface area contributed by atoms with Crippen molar-refractivity contribution >= 4 is 11.7 Å². The average molecular weight is 462 g/mol. The molecule has 0 spiro atoms. The predicted molar refractivity (Wildman–Crippen MR) is 134 cm³/mol. The van der Waals surface area contributed by atoms with Crippen LogP contribution in [0.2, 0.25) is 0 Å². The third-order valence-corrected chi connectivity index (χ3v) is 6.63. The third-order valence-electron chi connectivity index (χ3n) is 6.63. The van der Waals surface area contributed by atoms with E-state index in [0.29, 0.717) is 11.3 Å². The van der Waals surface area contributed by atoms with Crippen LogP contribution < -0.4 is 20.9 Å². The summed E-state index contributed by atoms with van der Waals surface area (Å²) in [6.45, 7) is 15.0. The van der Waals surface area contributed by atoms with Gasteiger partial charge in [-0.2, -0.15) is 10.5 Å². The summed E-state index contributed by atoms with van der Waals surface area (Å²) in [5.74, 6) is 0.748. The Hall–Kier alpha value is -3.71. The molecule has 0 fully saturated rings. The lowest BCUT2D eigenvalue weighted by molar-refractivity contribution is 0.224. The number of nitrogens with one attached hydrogen (secondary N) is 3. The number of aryl methyl sites for hydroxylation is 1. The van der Waals surface area contributed by atoms with Crippen LogP contribution in [0.4, 0.5) is 10.5 Å². The molecule has 0 aliphatic rings. The van der Waals surface area contributed by atoms with E-state index in [1.54, 1.807) is 13.0 Å². The normalized spacial score (nSPS) is 11.2. The summed E-state index contributed by atoms with van der Waals surface area (Å²) in [6, 6.07) is 12.9. The Morgan fingerprint density at radius 2 is 1.59 bits per heavy atom. The molecule has 2 amide bonds. The van der Waals surface area contributed by atoms with Crippen molar-refractivity contribution in [3.63, 3.8) is 0 Å². The number of nitrogens with zero attached hydrogens (tertiary/aromatic N) is 2. The van der Waals surface area contributed by atoms with Gasteiger partial charge in [-0.25, -0.2) is 4.79 Å². The number of hydrogen-bond donors (Lipinski definition) is 3. The van der Waals surface area contributed by atoms with E-state index >= 15 is 0 Å². The maximum Gasteiger partial charge on any atom is 0.336 e. The molecule has 2 aromatic carbocycles. The standard InChI is InChI=1S/C27H35N5O2/c1-8-26(4,5)21-10-11-24(22(14-21)27(6,7)9-2)34-17-30-25(33)32-31-23-13-20(16-29)19(15-28)12-18(23)3/h10-14,31H,8-9,17H2,1-7H3,(H2,30,32,33). The largest absolute Gasteiger partial charge is 0.473 e. The zero-order valence-electron chi connectivity index (χ0n) is 21.2. The highest BCUT2D eigenvalue weighted by molar-refractivity contribution is 5.76. The van der Waals surface area contributed by atoms with Gasteiger partial charge in [0.15, 0.2) is 6.73 Å². The van der Waals surface area contributed by atoms with Crippen LogP contribution in [0.5, 0.6) is 5.75 Å². The van der Waals surface area contributed by atoms with Gasteiger partial charge in [-0.3, -0.25) is 10.9 Å². The number of amides is 2. The number of benzene rings is 2. The van der Waals surface area contributed by atoms with E-state index in [1.165, 1.54) is 11.6 Å². The Morgan fingerprint density at radius 3 is 2.18 bits per heavy atom. The summed E-state index contributed by atoms with van der Waals surface area (Å²) >= 11 is 0. The highest BCUT2D eigenvalue weighted by Gasteiger charge is 2.26. The van der Waals surface area contributed by atoms with E-state index in [-0.39, 0.29) is 23.1 Å². The van der Waals surface area contributed by atoms with Crippen molar-refractivity contribution in [1.29, 1.82) is 10.5 Å². The SMILES string of the molecule is CCC(C)(C)c1ccc(OCNC(=O)NNc2cc(C#N)c(C#N)cc2C)c(C(C)(C)CC)c1. The van der Waals surface area contributed by atoms with Crippen LogP contribution in [0, 0.1) is 29.6 Å². The van der Waals surface area contributed by atoms with E-state index in [9.17, 15) is 10.1 Å². The quantitative estimate of drug-likeness (QED) is 0.324. The molecule has 0 aliphatic heterocycles. The second kappa shape index (κ2) is 10.9. The van der Waals surface area contributed by atoms with Gasteiger partial charge in [0.25, 0.3) is 0 Å². The minimum Gasteiger partial charge on any atom is -0.473 e. The highest BCUT2D eigenvalue weighted by Crippen LogP contribution is 2.38. The summed E-state index contributed by atoms with van der Waals surface area (Å²) in [6.07, 6.45) is 1.98. The van der Waals surface area contributed by atoms with Crippen molar-refractivity contribution in [2.45, 2.75) is 72.1 Å². The van der Waals surface area contributed by atoms with E-state index in [4.69, 9.17) is 10.00 Å². The minimum atomic E-state index is -0.484. The van der Waals surface area contributed by atoms with Gasteiger partial charge in [-0.05, 0) is 59.9 Å². The summed E-state index contributed by atoms with van der Waals surface area (Å²) < 4.78 is 5.96. The first-order valence-electron chi connectivity index (χ1n) is 11.5. The number of hydrogen-bond acceptors (Lipinski definition) is 5. The smallest absolute Gasteiger partial charge is 0.336 e. The zero-order chi connectivity index (χ0) is 25.5. The predicted octanol–water partition coefficient (Wildman–Crippen LogP) is 5.78. The van der Waals surface area contributed by atoms with Crippen LogP contribution >= 0.6 is 0 Å². The molecule has 7 nitrogen and oxygen atoms in total. The first kappa shape index (κ1) is 26.5. The van der Waals surface area contributed by atoms with Gasteiger partial charge in [0.1, 0.15) is 17.9 Å². The van der Waals surface area contributed by atoms with E-state index in [2.05, 4.69) is 69.8 Å². The molecule has 0 unspecified atom stereocenters. The lowest BCUT2D eigenvalue weighted by Gasteiger charge is -2.30. The second-order valence-electron chi connectivity index (χ2n) is 9.67. The van der Waals surface area contributed by atoms with Gasteiger partial charge in [0.2, 0.25) is 0 Å². The number of rotatable bonds is 9. The number of ether oxygens (including phenoxy) is 1. The molecule has 0 atom stereocenters. The van der Waals surface area contributed by atoms with Crippen molar-refractivity contribution in [2.24, 2.45) is 0 Å². The highest BCUT2D eigenvalue weighted by atomic mass is 16.5. The lowest BCUT2D eigenvalue weighted by Crippen LogP contribution is -2.41. The Bertz CT molecular complexity index is 1120. The molecule has 0 saturated carbocycles. The van der Waals surface area contributed by atoms with Crippen LogP contribution in [-0.4, -0.2) is 12.8 Å². The molecule has 0 aromatic heterocycles. The average Bonchev–Trinajstić information content (AvgIpc) is 2.82. The first-order valence-corrected chi connectivity index (χ1v) is 11.5. The Labute approximate surface area is 203 Å². The monoisotopic (exact) mass is 461 g/mol. The van der Waals surface area contributed by atoms with Crippen molar-refractivity contribution in [3.05, 3.63) is 58.1 Å². The summed E-state index contributed by atoms with van der Waals surface area (Å²) in [7, 11) is 0. The fourth-order valence-corrected chi connectivity index (χ4v) is 3.38. The first-order chi connectivity index (χ1) is 16.0. The van der Waals surface area contributed by atoms with E-state index < -0.39 is 6.03 Å². The van der Waals surface area contributed by atoms with Crippen LogP contribution in [-0.2, 0) is 10.8 Å². The molecule has 0 bridgehead atoms. The van der Waals surface area contributed by atoms with Gasteiger partial charge in [-0.15, -0.1) is 0 Å². The number of anilines is 1. The number of hydrazine groups is 1. The van der Waals surface area contributed by atoms with Gasteiger partial charge < -0.3 is 10.1 Å². The van der Waals surface area contributed by atoms with Gasteiger partial charge in [0, 0.05) is 5.56 Å². The zero-order valence-corrected chi connectivity index (χ0v) is 21.2. The van der Waals surface area contributed by atoms with E-state index in [1.807, 2.05) is 18.2 Å². The molecule has 7 heteroatoms. The molecule has 3 N–H and O–H groups in total. The minimum absolute atomic E-state index is 0.00732. The van der Waals surface area contributed by atoms with Crippen molar-refractivity contribution in [1.82, 2.24) is 10.7 Å². The number of urea groups is 1. The maximum absolute atomic E-state index is 12.3. The molecular weight excluding hydrogens is 426 g/mol. The van der Waals surface area contributed by atoms with Crippen LogP contribution in [0.3, 0.4) is 0 Å². The molecule has 34 heavy (non-hydrogen) atoms. The number of carbonyl (C=O) groups excluding carboxylic acids is 1. The molecule has 2 aromatic rings. The fraction of sp³-hybridized carbons (Fsp3) is 0.444. The Balaban J connectivity index is 2.06. The van der Waals surface area contributed by atoms with Crippen LogP contribution in [0.25, 0.3) is 0 Å². The van der Waals surface area contributed by atoms with Gasteiger partial charge >= 0.3 is 6.03 Å². The molecule has 0 radical (unpaired) electrons. The third kappa shape index (κ3) is 6.20. The van der Waals surface area contributed by atoms with Crippen molar-refractivity contribution in [2.75, 3.05) is 12.2 Å². The van der Waals surface area contributed by atoms with E-state index in [0.717, 1.165) is 29.7 Å². The van der Waals surface area contributed by atoms with Gasteiger partial charge in [-0.1, -0.05) is 53.7 Å². The molecule has 0 aliphatic carbocycles. The Morgan fingerprint density at radius 1 is 0.971 bits per heavy atom. The number of nitriles is 2. The molecule has 180 valence electrons. The summed E-state index contributed by atoms with van der Waals surface area (Å²) in [4.78, 5) is 12.3.